The largest absolute Gasteiger partial charge is 0.493 e. The van der Waals surface area contributed by atoms with Crippen molar-refractivity contribution in [2.24, 2.45) is 5.92 Å². The van der Waals surface area contributed by atoms with Gasteiger partial charge >= 0.3 is 5.63 Å². The molecule has 0 saturated carbocycles. The number of methoxy groups -OCH3 is 2. The minimum absolute atomic E-state index is 0.0362. The van der Waals surface area contributed by atoms with Gasteiger partial charge in [-0.25, -0.2) is 4.79 Å². The molecule has 0 aliphatic carbocycles. The van der Waals surface area contributed by atoms with Crippen LogP contribution in [-0.4, -0.2) is 44.0 Å². The Morgan fingerprint density at radius 3 is 2.66 bits per heavy atom. The van der Waals surface area contributed by atoms with Gasteiger partial charge in [-0.1, -0.05) is 6.07 Å². The lowest BCUT2D eigenvalue weighted by molar-refractivity contribution is -0.128. The number of hydrogen-bond donors (Lipinski definition) is 1. The summed E-state index contributed by atoms with van der Waals surface area (Å²) < 4.78 is 15.7. The molecule has 0 bridgehead atoms. The Bertz CT molecular complexity index is 1220. The van der Waals surface area contributed by atoms with E-state index in [-0.39, 0.29) is 18.2 Å². The van der Waals surface area contributed by atoms with Crippen molar-refractivity contribution < 1.29 is 23.5 Å². The highest BCUT2D eigenvalue weighted by molar-refractivity contribution is 5.98. The molecular weight excluding hydrogens is 412 g/mol. The van der Waals surface area contributed by atoms with E-state index < -0.39 is 11.5 Å². The van der Waals surface area contributed by atoms with Gasteiger partial charge in [0.1, 0.15) is 5.58 Å². The summed E-state index contributed by atoms with van der Waals surface area (Å²) in [7, 11) is 3.17. The Balaban J connectivity index is 1.36. The summed E-state index contributed by atoms with van der Waals surface area (Å²) >= 11 is 0. The van der Waals surface area contributed by atoms with E-state index in [4.69, 9.17) is 13.9 Å². The first-order chi connectivity index (χ1) is 15.5. The van der Waals surface area contributed by atoms with Crippen molar-refractivity contribution in [3.63, 3.8) is 0 Å². The van der Waals surface area contributed by atoms with Crippen LogP contribution in [0.4, 0.5) is 5.69 Å². The predicted octanol–water partition coefficient (Wildman–Crippen LogP) is 2.84. The zero-order valence-electron chi connectivity index (χ0n) is 17.9. The minimum Gasteiger partial charge on any atom is -0.493 e. The number of benzene rings is 2. The van der Waals surface area contributed by atoms with E-state index in [9.17, 15) is 14.4 Å². The molecule has 8 nitrogen and oxygen atoms in total. The minimum atomic E-state index is -0.424. The summed E-state index contributed by atoms with van der Waals surface area (Å²) in [6.45, 7) is 0.896. The van der Waals surface area contributed by atoms with Crippen LogP contribution in [0.5, 0.6) is 11.5 Å². The summed E-state index contributed by atoms with van der Waals surface area (Å²) in [5, 5.41) is 3.57. The molecule has 1 saturated heterocycles. The molecular formula is C24H24N2O6. The Morgan fingerprint density at radius 2 is 1.88 bits per heavy atom. The van der Waals surface area contributed by atoms with Gasteiger partial charge in [-0.15, -0.1) is 0 Å². The summed E-state index contributed by atoms with van der Waals surface area (Å²) in [6.07, 6.45) is 0.830. The van der Waals surface area contributed by atoms with Crippen molar-refractivity contribution in [2.75, 3.05) is 32.6 Å². The molecule has 0 spiro atoms. The molecule has 2 amide bonds. The van der Waals surface area contributed by atoms with Crippen LogP contribution in [0, 0.1) is 5.92 Å². The van der Waals surface area contributed by atoms with Crippen LogP contribution in [0.3, 0.4) is 0 Å². The predicted molar refractivity (Wildman–Crippen MR) is 119 cm³/mol. The van der Waals surface area contributed by atoms with Crippen LogP contribution in [0.2, 0.25) is 0 Å². The van der Waals surface area contributed by atoms with Gasteiger partial charge in [0.25, 0.3) is 0 Å². The Hall–Kier alpha value is -3.81. The maximum atomic E-state index is 12.7. The number of rotatable bonds is 7. The number of carbonyl (C=O) groups is 2. The maximum Gasteiger partial charge on any atom is 0.336 e. The summed E-state index contributed by atoms with van der Waals surface area (Å²) in [4.78, 5) is 38.2. The zero-order chi connectivity index (χ0) is 22.7. The van der Waals surface area contributed by atoms with Crippen LogP contribution in [0.15, 0.2) is 57.7 Å². The van der Waals surface area contributed by atoms with Gasteiger partial charge < -0.3 is 24.1 Å². The molecule has 1 aliphatic heterocycles. The van der Waals surface area contributed by atoms with Gasteiger partial charge in [-0.05, 0) is 48.4 Å². The molecule has 1 aromatic heterocycles. The molecule has 166 valence electrons. The van der Waals surface area contributed by atoms with Crippen molar-refractivity contribution >= 4 is 28.5 Å². The van der Waals surface area contributed by atoms with Gasteiger partial charge in [-0.2, -0.15) is 0 Å². The highest BCUT2D eigenvalue weighted by Crippen LogP contribution is 2.28. The number of ether oxygens (including phenoxy) is 2. The normalized spacial score (nSPS) is 15.8. The van der Waals surface area contributed by atoms with E-state index in [0.717, 1.165) is 5.56 Å². The molecule has 32 heavy (non-hydrogen) atoms. The van der Waals surface area contributed by atoms with Gasteiger partial charge in [0.05, 0.1) is 20.1 Å². The summed E-state index contributed by atoms with van der Waals surface area (Å²) in [6, 6.07) is 13.7. The second-order valence-electron chi connectivity index (χ2n) is 7.68. The molecule has 1 atom stereocenters. The van der Waals surface area contributed by atoms with Crippen LogP contribution >= 0.6 is 0 Å². The number of likely N-dealkylation sites (tertiary alicyclic amines) is 1. The third-order valence-corrected chi connectivity index (χ3v) is 5.59. The fourth-order valence-corrected chi connectivity index (χ4v) is 3.86. The van der Waals surface area contributed by atoms with Crippen molar-refractivity contribution in [1.82, 2.24) is 4.90 Å². The molecule has 2 heterocycles. The fourth-order valence-electron chi connectivity index (χ4n) is 3.86. The molecule has 4 rings (SSSR count). The fraction of sp³-hybridized carbons (Fsp3) is 0.292. The van der Waals surface area contributed by atoms with Crippen LogP contribution in [0.25, 0.3) is 11.0 Å². The van der Waals surface area contributed by atoms with E-state index in [2.05, 4.69) is 5.32 Å². The first-order valence-electron chi connectivity index (χ1n) is 10.3. The zero-order valence-corrected chi connectivity index (χ0v) is 17.9. The van der Waals surface area contributed by atoms with E-state index >= 15 is 0 Å². The monoisotopic (exact) mass is 436 g/mol. The van der Waals surface area contributed by atoms with E-state index in [1.165, 1.54) is 6.07 Å². The number of amides is 2. The SMILES string of the molecule is COc1ccc(CCN2CC(C(=O)Nc3ccc4oc(=O)ccc4c3)CC2=O)cc1OC. The number of carbonyl (C=O) groups excluding carboxylic acids is 2. The van der Waals surface area contributed by atoms with Gasteiger partial charge in [0, 0.05) is 36.7 Å². The van der Waals surface area contributed by atoms with E-state index in [0.29, 0.717) is 47.7 Å². The molecule has 1 unspecified atom stereocenters. The van der Waals surface area contributed by atoms with Crippen LogP contribution in [-0.2, 0) is 16.0 Å². The first-order valence-corrected chi connectivity index (χ1v) is 10.3. The molecule has 3 aromatic rings. The van der Waals surface area contributed by atoms with Crippen molar-refractivity contribution in [1.29, 1.82) is 0 Å². The number of nitrogens with one attached hydrogen (secondary N) is 1. The van der Waals surface area contributed by atoms with Crippen molar-refractivity contribution in [3.05, 3.63) is 64.5 Å². The molecule has 1 fully saturated rings. The average Bonchev–Trinajstić information content (AvgIpc) is 3.18. The number of nitrogens with zero attached hydrogens (tertiary/aromatic N) is 1. The third-order valence-electron chi connectivity index (χ3n) is 5.59. The second kappa shape index (κ2) is 9.13. The van der Waals surface area contributed by atoms with Crippen LogP contribution < -0.4 is 20.4 Å². The highest BCUT2D eigenvalue weighted by Gasteiger charge is 2.34. The molecule has 2 aromatic carbocycles. The maximum absolute atomic E-state index is 12.7. The van der Waals surface area contributed by atoms with Gasteiger partial charge in [-0.3, -0.25) is 9.59 Å². The topological polar surface area (TPSA) is 98.1 Å². The van der Waals surface area contributed by atoms with Gasteiger partial charge in [0.15, 0.2) is 11.5 Å². The number of hydrogen-bond acceptors (Lipinski definition) is 6. The van der Waals surface area contributed by atoms with Crippen molar-refractivity contribution in [3.8, 4) is 11.5 Å². The molecule has 1 aliphatic rings. The van der Waals surface area contributed by atoms with E-state index in [1.807, 2.05) is 18.2 Å². The lowest BCUT2D eigenvalue weighted by Crippen LogP contribution is -2.30. The Kier molecular flexibility index (Phi) is 6.11. The molecule has 0 radical (unpaired) electrons. The number of fused-ring (bicyclic) bond motifs is 1. The quantitative estimate of drug-likeness (QED) is 0.572. The van der Waals surface area contributed by atoms with Crippen molar-refractivity contribution in [2.45, 2.75) is 12.8 Å². The smallest absolute Gasteiger partial charge is 0.336 e. The standard InChI is InChI=1S/C24H24N2O6/c1-30-20-6-3-15(11-21(20)31-2)9-10-26-14-17(13-22(26)27)24(29)25-18-5-7-19-16(12-18)4-8-23(28)32-19/h3-8,11-12,17H,9-10,13-14H2,1-2H3,(H,25,29). The highest BCUT2D eigenvalue weighted by atomic mass is 16.5. The average molecular weight is 436 g/mol. The Morgan fingerprint density at radius 1 is 1.06 bits per heavy atom. The Labute approximate surface area is 184 Å². The van der Waals surface area contributed by atoms with E-state index in [1.54, 1.807) is 43.4 Å². The first kappa shape index (κ1) is 21.4. The third kappa shape index (κ3) is 4.59. The summed E-state index contributed by atoms with van der Waals surface area (Å²) in [5.74, 6) is 0.637. The van der Waals surface area contributed by atoms with Crippen LogP contribution in [0.1, 0.15) is 12.0 Å². The molecule has 1 N–H and O–H groups in total. The summed E-state index contributed by atoms with van der Waals surface area (Å²) in [5.41, 5.74) is 1.64. The number of anilines is 1. The molecule has 8 heteroatoms. The second-order valence-corrected chi connectivity index (χ2v) is 7.68. The van der Waals surface area contributed by atoms with Gasteiger partial charge in [0.2, 0.25) is 11.8 Å². The lowest BCUT2D eigenvalue weighted by atomic mass is 10.1. The lowest BCUT2D eigenvalue weighted by Gasteiger charge is -2.17.